The number of rotatable bonds is 7. The number of para-hydroxylation sites is 1. The largest absolute Gasteiger partial charge is 0.464 e. The average Bonchev–Trinajstić information content (AvgIpc) is 2.78. The molecule has 0 saturated heterocycles. The molecule has 0 N–H and O–H groups in total. The van der Waals surface area contributed by atoms with Crippen molar-refractivity contribution in [3.05, 3.63) is 90.0 Å². The first-order chi connectivity index (χ1) is 15.3. The van der Waals surface area contributed by atoms with Crippen molar-refractivity contribution >= 4 is 32.9 Å². The molecule has 3 rings (SSSR count). The number of hydrogen-bond donors (Lipinski definition) is 0. The van der Waals surface area contributed by atoms with Crippen molar-refractivity contribution in [2.24, 2.45) is 5.16 Å². The molecular weight excluding hydrogens is 450 g/mol. The number of oxime groups is 1. The van der Waals surface area contributed by atoms with Crippen LogP contribution in [0.25, 0.3) is 0 Å². The third-order valence-corrected chi connectivity index (χ3v) is 5.98. The van der Waals surface area contributed by atoms with Crippen LogP contribution >= 0.6 is 11.8 Å². The van der Waals surface area contributed by atoms with E-state index in [9.17, 15) is 13.2 Å². The van der Waals surface area contributed by atoms with E-state index in [4.69, 9.17) is 9.02 Å². The van der Waals surface area contributed by atoms with Gasteiger partial charge in [-0.15, -0.1) is 0 Å². The second kappa shape index (κ2) is 10.8. The highest BCUT2D eigenvalue weighted by Gasteiger charge is 2.19. The van der Waals surface area contributed by atoms with Crippen LogP contribution < -0.4 is 4.74 Å². The number of carbonyl (C=O) groups is 1. The first-order valence-corrected chi connectivity index (χ1v) is 11.9. The van der Waals surface area contributed by atoms with Gasteiger partial charge in [0.1, 0.15) is 17.3 Å². The second-order valence-corrected chi connectivity index (χ2v) is 9.26. The predicted molar refractivity (Wildman–Crippen MR) is 123 cm³/mol. The van der Waals surface area contributed by atoms with E-state index in [0.29, 0.717) is 22.0 Å². The molecule has 166 valence electrons. The van der Waals surface area contributed by atoms with E-state index < -0.39 is 21.8 Å². The summed E-state index contributed by atoms with van der Waals surface area (Å²) in [4.78, 5) is 12.7. The number of hydrogen-bond acceptors (Lipinski definition) is 8. The zero-order valence-corrected chi connectivity index (χ0v) is 19.1. The van der Waals surface area contributed by atoms with Gasteiger partial charge in [-0.3, -0.25) is 4.28 Å². The third-order valence-electron chi connectivity index (χ3n) is 4.05. The van der Waals surface area contributed by atoms with Crippen LogP contribution in [0.1, 0.15) is 11.1 Å². The number of nitrogens with zero attached hydrogens (tertiary/aromatic N) is 1. The predicted octanol–water partition coefficient (Wildman–Crippen LogP) is 4.91. The summed E-state index contributed by atoms with van der Waals surface area (Å²) in [5.74, 6) is -0.141. The van der Waals surface area contributed by atoms with Crippen LogP contribution in [0.15, 0.2) is 88.9 Å². The summed E-state index contributed by atoms with van der Waals surface area (Å²) < 4.78 is 40.1. The smallest absolute Gasteiger partial charge is 0.367 e. The van der Waals surface area contributed by atoms with E-state index in [1.54, 1.807) is 48.5 Å². The van der Waals surface area contributed by atoms with Gasteiger partial charge in [-0.05, 0) is 48.9 Å². The molecule has 7 nitrogen and oxygen atoms in total. The third kappa shape index (κ3) is 7.14. The lowest BCUT2D eigenvalue weighted by Crippen LogP contribution is -2.14. The minimum absolute atomic E-state index is 0.235. The number of methoxy groups -OCH3 is 1. The molecule has 0 amide bonds. The van der Waals surface area contributed by atoms with Crippen molar-refractivity contribution in [2.75, 3.05) is 7.11 Å². The topological polar surface area (TPSA) is 91.3 Å². The Balaban J connectivity index is 1.71. The van der Waals surface area contributed by atoms with Crippen molar-refractivity contribution in [2.45, 2.75) is 17.6 Å². The van der Waals surface area contributed by atoms with Crippen LogP contribution in [0, 0.1) is 6.92 Å². The maximum Gasteiger partial charge on any atom is 0.367 e. The summed E-state index contributed by atoms with van der Waals surface area (Å²) in [5.41, 5.74) is 1.49. The summed E-state index contributed by atoms with van der Waals surface area (Å²) in [6, 6.07) is 23.0. The Kier molecular flexibility index (Phi) is 7.91. The highest BCUT2D eigenvalue weighted by Crippen LogP contribution is 2.24. The van der Waals surface area contributed by atoms with Gasteiger partial charge in [-0.1, -0.05) is 64.9 Å². The minimum Gasteiger partial charge on any atom is -0.464 e. The standard InChI is InChI=1S/C23H21NO6S2/c1-17-11-13-21(14-12-17)31-22(23(25)28-2)24-30-32(26,27)16-18-7-6-10-20(15-18)29-19-8-4-3-5-9-19/h3-15H,16H2,1-2H3/b24-22-. The Labute approximate surface area is 191 Å². The summed E-state index contributed by atoms with van der Waals surface area (Å²) in [6.07, 6.45) is 0. The van der Waals surface area contributed by atoms with Crippen LogP contribution in [0.4, 0.5) is 0 Å². The quantitative estimate of drug-likeness (QED) is 0.159. The van der Waals surface area contributed by atoms with Gasteiger partial charge < -0.3 is 9.47 Å². The molecule has 0 aliphatic rings. The zero-order chi connectivity index (χ0) is 23.0. The Hall–Kier alpha value is -3.30. The van der Waals surface area contributed by atoms with Gasteiger partial charge in [0, 0.05) is 4.90 Å². The molecule has 0 saturated carbocycles. The first-order valence-electron chi connectivity index (χ1n) is 9.48. The fourth-order valence-corrected chi connectivity index (χ4v) is 4.16. The molecule has 0 unspecified atom stereocenters. The van der Waals surface area contributed by atoms with E-state index in [-0.39, 0.29) is 5.04 Å². The molecule has 0 spiro atoms. The summed E-state index contributed by atoms with van der Waals surface area (Å²) in [7, 11) is -2.94. The van der Waals surface area contributed by atoms with Crippen LogP contribution in [-0.4, -0.2) is 26.5 Å². The van der Waals surface area contributed by atoms with Crippen molar-refractivity contribution in [1.29, 1.82) is 0 Å². The fourth-order valence-electron chi connectivity index (χ4n) is 2.55. The van der Waals surface area contributed by atoms with Crippen molar-refractivity contribution in [3.63, 3.8) is 0 Å². The molecule has 0 heterocycles. The van der Waals surface area contributed by atoms with Gasteiger partial charge in [0.2, 0.25) is 5.04 Å². The molecule has 0 radical (unpaired) electrons. The van der Waals surface area contributed by atoms with Crippen LogP contribution in [0.5, 0.6) is 11.5 Å². The maximum atomic E-state index is 12.5. The number of carbonyl (C=O) groups excluding carboxylic acids is 1. The van der Waals surface area contributed by atoms with Crippen molar-refractivity contribution < 1.29 is 27.0 Å². The Morgan fingerprint density at radius 3 is 2.31 bits per heavy atom. The number of thioether (sulfide) groups is 1. The number of esters is 1. The van der Waals surface area contributed by atoms with E-state index in [0.717, 1.165) is 17.3 Å². The lowest BCUT2D eigenvalue weighted by Gasteiger charge is -2.08. The summed E-state index contributed by atoms with van der Waals surface area (Å²) >= 11 is 0.947. The zero-order valence-electron chi connectivity index (χ0n) is 17.4. The fraction of sp³-hybridized carbons (Fsp3) is 0.130. The van der Waals surface area contributed by atoms with E-state index in [1.165, 1.54) is 7.11 Å². The van der Waals surface area contributed by atoms with E-state index >= 15 is 0 Å². The van der Waals surface area contributed by atoms with Crippen LogP contribution in [0.3, 0.4) is 0 Å². The highest BCUT2D eigenvalue weighted by atomic mass is 32.2. The first kappa shape index (κ1) is 23.4. The maximum absolute atomic E-state index is 12.5. The molecule has 9 heteroatoms. The molecule has 0 aliphatic heterocycles. The molecule has 32 heavy (non-hydrogen) atoms. The Morgan fingerprint density at radius 2 is 1.62 bits per heavy atom. The second-order valence-electron chi connectivity index (χ2n) is 6.64. The SMILES string of the molecule is COC(=O)/C(=N/OS(=O)(=O)Cc1cccc(Oc2ccccc2)c1)Sc1ccc(C)cc1. The van der Waals surface area contributed by atoms with Gasteiger partial charge in [-0.25, -0.2) is 4.79 Å². The monoisotopic (exact) mass is 471 g/mol. The van der Waals surface area contributed by atoms with Crippen molar-refractivity contribution in [1.82, 2.24) is 0 Å². The van der Waals surface area contributed by atoms with Crippen molar-refractivity contribution in [3.8, 4) is 11.5 Å². The molecule has 0 bridgehead atoms. The molecule has 0 atom stereocenters. The summed E-state index contributed by atoms with van der Waals surface area (Å²) in [6.45, 7) is 1.93. The minimum atomic E-state index is -4.12. The van der Waals surface area contributed by atoms with Gasteiger partial charge in [0.05, 0.1) is 7.11 Å². The molecule has 0 aliphatic carbocycles. The lowest BCUT2D eigenvalue weighted by atomic mass is 10.2. The lowest BCUT2D eigenvalue weighted by molar-refractivity contribution is -0.132. The van der Waals surface area contributed by atoms with Gasteiger partial charge >= 0.3 is 16.1 Å². The Bertz CT molecular complexity index is 1190. The van der Waals surface area contributed by atoms with E-state index in [2.05, 4.69) is 9.89 Å². The molecule has 0 fully saturated rings. The highest BCUT2D eigenvalue weighted by molar-refractivity contribution is 8.15. The van der Waals surface area contributed by atoms with E-state index in [1.807, 2.05) is 37.3 Å². The van der Waals surface area contributed by atoms with Gasteiger partial charge in [0.25, 0.3) is 0 Å². The van der Waals surface area contributed by atoms with Gasteiger partial charge in [0.15, 0.2) is 0 Å². The van der Waals surface area contributed by atoms with Gasteiger partial charge in [-0.2, -0.15) is 8.42 Å². The molecule has 3 aromatic rings. The number of benzene rings is 3. The van der Waals surface area contributed by atoms with Crippen LogP contribution in [-0.2, 0) is 29.7 Å². The summed E-state index contributed by atoms with van der Waals surface area (Å²) in [5, 5.41) is 3.32. The number of ether oxygens (including phenoxy) is 2. The van der Waals surface area contributed by atoms with Crippen LogP contribution in [0.2, 0.25) is 0 Å². The molecule has 0 aromatic heterocycles. The molecular formula is C23H21NO6S2. The average molecular weight is 472 g/mol. The normalized spacial score (nSPS) is 11.6. The molecule has 3 aromatic carbocycles. The Morgan fingerprint density at radius 1 is 0.938 bits per heavy atom. The number of aryl methyl sites for hydroxylation is 1.